The standard InChI is InChI=1S/C108H164N2O2S7/c1-9-15-21-27-33-39-45-51-57-63-69-85-89-77-83(7)113-101(89)86(70-64-58-52-46-40-34-28-22-16-10-2)90-79-97(117-102(85)90)98-82-94-106(118-98)104-92(108(112-94,75-67-61-55-49-43-37-31-25-19-13-5)76-68-62-56-50-44-38-32-26-20-14-6)81-96(116-104)88-72-71-87(99-100(88)110-119-109-99)95-80-91-103(115-95)105-93(78-84(8)114-105)111-107(91,73-65-59-53-47-41-35-29-23-17-11-3)74-66-60-54-48-42-36-30-24-18-12-4/h71-72,77-82H,9-70,73-76H2,1-8H3. The Bertz CT molecular complexity index is 4150. The van der Waals surface area contributed by atoms with Gasteiger partial charge in [-0.1, -0.05) is 400 Å². The highest BCUT2D eigenvalue weighted by atomic mass is 32.1. The number of benzene rings is 2. The van der Waals surface area contributed by atoms with Crippen LogP contribution in [0.15, 0.2) is 48.5 Å². The lowest BCUT2D eigenvalue weighted by molar-refractivity contribution is 0.0395. The smallest absolute Gasteiger partial charge is 0.140 e. The first-order valence-electron chi connectivity index (χ1n) is 50.8. The van der Waals surface area contributed by atoms with Crippen molar-refractivity contribution in [3.63, 3.8) is 0 Å². The van der Waals surface area contributed by atoms with E-state index in [-0.39, 0.29) is 5.60 Å². The molecule has 0 N–H and O–H groups in total. The van der Waals surface area contributed by atoms with Gasteiger partial charge in [-0.25, -0.2) is 0 Å². The molecule has 0 atom stereocenters. The molecule has 0 aliphatic carbocycles. The van der Waals surface area contributed by atoms with Gasteiger partial charge in [-0.3, -0.25) is 0 Å². The van der Waals surface area contributed by atoms with Crippen LogP contribution in [0.25, 0.3) is 81.3 Å². The Morgan fingerprint density at radius 2 is 0.538 bits per heavy atom. The molecule has 0 amide bonds. The molecule has 2 aliphatic heterocycles. The maximum atomic E-state index is 8.13. The summed E-state index contributed by atoms with van der Waals surface area (Å²) in [6, 6.07) is 20.4. The topological polar surface area (TPSA) is 44.2 Å². The summed E-state index contributed by atoms with van der Waals surface area (Å²) in [5.41, 5.74) is 9.96. The van der Waals surface area contributed by atoms with Crippen LogP contribution in [-0.2, 0) is 24.0 Å². The van der Waals surface area contributed by atoms with Crippen molar-refractivity contribution in [3.8, 4) is 61.6 Å². The van der Waals surface area contributed by atoms with E-state index in [9.17, 15) is 0 Å². The minimum Gasteiger partial charge on any atom is -0.481 e. The SMILES string of the molecule is CCCCCCCCCCCCc1c2cc(-c3cc4c(s3)-c3sc(-c5ccc(-c6cc7c(s6)-c6sc(C)cc6OC7(CCCCCCCCCCCC)CCCCCCCCCCCC)c6nsnc56)cc3C(CCCCCCCCCCCC)(CCCCCCCCCCCC)O4)sc2c(CCCCCCCCCCCC)c2cc(C)sc12. The van der Waals surface area contributed by atoms with Crippen LogP contribution < -0.4 is 9.47 Å². The molecule has 0 saturated carbocycles. The zero-order valence-corrected chi connectivity index (χ0v) is 82.6. The van der Waals surface area contributed by atoms with Crippen LogP contribution in [0.5, 0.6) is 11.5 Å². The van der Waals surface area contributed by atoms with Gasteiger partial charge < -0.3 is 9.47 Å². The molecule has 11 heteroatoms. The molecule has 0 bridgehead atoms. The normalized spacial score (nSPS) is 13.5. The average Bonchev–Trinajstić information content (AvgIpc) is 1.58. The summed E-state index contributed by atoms with van der Waals surface area (Å²) in [7, 11) is 0. The molecule has 0 spiro atoms. The van der Waals surface area contributed by atoms with Gasteiger partial charge in [0.2, 0.25) is 0 Å². The van der Waals surface area contributed by atoms with Gasteiger partial charge in [-0.15, -0.1) is 68.0 Å². The second kappa shape index (κ2) is 53.9. The van der Waals surface area contributed by atoms with Crippen LogP contribution in [0.4, 0.5) is 0 Å². The highest BCUT2D eigenvalue weighted by Gasteiger charge is 2.45. The maximum absolute atomic E-state index is 8.13. The Labute approximate surface area is 755 Å². The number of rotatable bonds is 69. The number of fused-ring (bicyclic) bond motifs is 9. The van der Waals surface area contributed by atoms with E-state index >= 15 is 0 Å². The van der Waals surface area contributed by atoms with E-state index in [4.69, 9.17) is 18.2 Å². The van der Waals surface area contributed by atoms with Crippen molar-refractivity contribution in [1.82, 2.24) is 8.75 Å². The zero-order chi connectivity index (χ0) is 83.0. The Balaban J connectivity index is 0.943. The number of hydrogen-bond donors (Lipinski definition) is 0. The van der Waals surface area contributed by atoms with Crippen molar-refractivity contribution < 1.29 is 9.47 Å². The van der Waals surface area contributed by atoms with Crippen molar-refractivity contribution >= 4 is 111 Å². The van der Waals surface area contributed by atoms with Crippen LogP contribution in [0, 0.1) is 13.8 Å². The third-order valence-electron chi connectivity index (χ3n) is 27.3. The van der Waals surface area contributed by atoms with Crippen molar-refractivity contribution in [3.05, 3.63) is 80.5 Å². The number of ether oxygens (including phenoxy) is 2. The summed E-state index contributed by atoms with van der Waals surface area (Å²) in [5, 5.41) is 3.12. The Hall–Kier alpha value is -3.42. The summed E-state index contributed by atoms with van der Waals surface area (Å²) >= 11 is 13.6. The van der Waals surface area contributed by atoms with Gasteiger partial charge in [0.25, 0.3) is 0 Å². The number of aryl methyl sites for hydroxylation is 4. The summed E-state index contributed by atoms with van der Waals surface area (Å²) < 4.78 is 29.7. The summed E-state index contributed by atoms with van der Waals surface area (Å²) in [6.07, 6.45) is 87.7. The van der Waals surface area contributed by atoms with Gasteiger partial charge in [0.1, 0.15) is 33.7 Å². The molecule has 11 rings (SSSR count). The molecule has 119 heavy (non-hydrogen) atoms. The number of hydrogen-bond acceptors (Lipinski definition) is 11. The minimum atomic E-state index is -0.409. The average molecular weight is 1750 g/mol. The molecule has 9 aromatic rings. The van der Waals surface area contributed by atoms with E-state index in [1.807, 2.05) is 45.3 Å². The van der Waals surface area contributed by atoms with Crippen LogP contribution >= 0.6 is 79.7 Å². The van der Waals surface area contributed by atoms with Crippen LogP contribution in [0.2, 0.25) is 0 Å². The fourth-order valence-electron chi connectivity index (χ4n) is 20.1. The summed E-state index contributed by atoms with van der Waals surface area (Å²) in [6.45, 7) is 18.7. The molecule has 0 radical (unpaired) electrons. The van der Waals surface area contributed by atoms with Gasteiger partial charge in [-0.2, -0.15) is 8.75 Å². The number of nitrogens with zero attached hydrogens (tertiary/aromatic N) is 2. The van der Waals surface area contributed by atoms with Crippen LogP contribution in [0.3, 0.4) is 0 Å². The van der Waals surface area contributed by atoms with Gasteiger partial charge in [-0.05, 0) is 143 Å². The molecule has 4 nitrogen and oxygen atoms in total. The fourth-order valence-corrected chi connectivity index (χ4v) is 28.1. The largest absolute Gasteiger partial charge is 0.481 e. The lowest BCUT2D eigenvalue weighted by Gasteiger charge is -2.38. The molecule has 2 aromatic carbocycles. The first-order chi connectivity index (χ1) is 58.7. The van der Waals surface area contributed by atoms with Crippen molar-refractivity contribution in [2.45, 2.75) is 490 Å². The molecule has 660 valence electrons. The molecule has 2 aliphatic rings. The number of aromatic nitrogens is 2. The van der Waals surface area contributed by atoms with Crippen LogP contribution in [-0.4, -0.2) is 8.75 Å². The van der Waals surface area contributed by atoms with Gasteiger partial charge >= 0.3 is 0 Å². The van der Waals surface area contributed by atoms with E-state index in [1.54, 1.807) is 31.3 Å². The van der Waals surface area contributed by atoms with Crippen molar-refractivity contribution in [1.29, 1.82) is 0 Å². The summed E-state index contributed by atoms with van der Waals surface area (Å²) in [5.74, 6) is 2.26. The lowest BCUT2D eigenvalue weighted by atomic mass is 9.81. The second-order valence-corrected chi connectivity index (χ2v) is 44.6. The van der Waals surface area contributed by atoms with Crippen molar-refractivity contribution in [2.24, 2.45) is 0 Å². The maximum Gasteiger partial charge on any atom is 0.140 e. The van der Waals surface area contributed by atoms with Gasteiger partial charge in [0, 0.05) is 67.0 Å². The monoisotopic (exact) mass is 1750 g/mol. The van der Waals surface area contributed by atoms with E-state index in [1.165, 1.54) is 481 Å². The predicted molar refractivity (Wildman–Crippen MR) is 538 cm³/mol. The molecular formula is C108H164N2O2S7. The highest BCUT2D eigenvalue weighted by Crippen LogP contribution is 2.61. The Morgan fingerprint density at radius 1 is 0.261 bits per heavy atom. The molecule has 0 fully saturated rings. The van der Waals surface area contributed by atoms with E-state index < -0.39 is 5.60 Å². The van der Waals surface area contributed by atoms with Gasteiger partial charge in [0.05, 0.1) is 31.2 Å². The zero-order valence-electron chi connectivity index (χ0n) is 76.9. The number of thiophene rings is 6. The molecule has 9 heterocycles. The second-order valence-electron chi connectivity index (χ2n) is 37.4. The van der Waals surface area contributed by atoms with Crippen LogP contribution in [0.1, 0.15) is 484 Å². The minimum absolute atomic E-state index is 0.339. The Morgan fingerprint density at radius 3 is 0.891 bits per heavy atom. The quantitative estimate of drug-likeness (QED) is 0.0356. The number of unbranched alkanes of at least 4 members (excludes halogenated alkanes) is 54. The van der Waals surface area contributed by atoms with Crippen molar-refractivity contribution in [2.75, 3.05) is 0 Å². The Kier molecular flexibility index (Phi) is 43.6. The third kappa shape index (κ3) is 28.5. The molecule has 7 aromatic heterocycles. The highest BCUT2D eigenvalue weighted by molar-refractivity contribution is 7.29. The molecule has 0 unspecified atom stereocenters. The lowest BCUT2D eigenvalue weighted by Crippen LogP contribution is -2.35. The first kappa shape index (κ1) is 96.2. The first-order valence-corrected chi connectivity index (χ1v) is 56.4. The van der Waals surface area contributed by atoms with E-state index in [0.717, 1.165) is 48.2 Å². The predicted octanol–water partition coefficient (Wildman–Crippen LogP) is 40.7. The van der Waals surface area contributed by atoms with Gasteiger partial charge in [0.15, 0.2) is 0 Å². The van der Waals surface area contributed by atoms with E-state index in [2.05, 4.69) is 127 Å². The third-order valence-corrected chi connectivity index (χ3v) is 35.1. The molecule has 0 saturated heterocycles. The van der Waals surface area contributed by atoms with E-state index in [0.29, 0.717) is 0 Å². The fraction of sp³-hybridized carbons (Fsp3) is 0.704. The molecular weight excluding hydrogens is 1580 g/mol. The summed E-state index contributed by atoms with van der Waals surface area (Å²) in [4.78, 5) is 13.8.